The van der Waals surface area contributed by atoms with Crippen molar-refractivity contribution in [2.75, 3.05) is 5.32 Å². The van der Waals surface area contributed by atoms with Gasteiger partial charge in [0.15, 0.2) is 5.65 Å². The first kappa shape index (κ1) is 13.2. The highest BCUT2D eigenvalue weighted by molar-refractivity contribution is 5.59. The van der Waals surface area contributed by atoms with Crippen LogP contribution in [-0.4, -0.2) is 30.6 Å². The molecule has 0 bridgehead atoms. The minimum absolute atomic E-state index is 0.503. The van der Waals surface area contributed by atoms with Crippen LogP contribution in [0.5, 0.6) is 0 Å². The molecule has 1 fully saturated rings. The number of nitrogens with one attached hydrogen (secondary N) is 1. The maximum Gasteiger partial charge on any atom is 0.223 e. The van der Waals surface area contributed by atoms with Crippen molar-refractivity contribution in [3.63, 3.8) is 0 Å². The van der Waals surface area contributed by atoms with Crippen LogP contribution < -0.4 is 5.32 Å². The van der Waals surface area contributed by atoms with Crippen LogP contribution in [0.4, 0.5) is 5.95 Å². The number of fused-ring (bicyclic) bond motifs is 1. The molecule has 6 heteroatoms. The largest absolute Gasteiger partial charge is 0.351 e. The van der Waals surface area contributed by atoms with Gasteiger partial charge in [-0.05, 0) is 31.9 Å². The van der Waals surface area contributed by atoms with Crippen molar-refractivity contribution in [1.82, 2.24) is 24.6 Å². The van der Waals surface area contributed by atoms with Crippen LogP contribution in [0.3, 0.4) is 0 Å². The Labute approximate surface area is 128 Å². The molecular weight excluding hydrogens is 276 g/mol. The van der Waals surface area contributed by atoms with Gasteiger partial charge in [-0.2, -0.15) is 5.10 Å². The molecule has 0 aromatic carbocycles. The summed E-state index contributed by atoms with van der Waals surface area (Å²) in [6.07, 6.45) is 10.5. The number of rotatable bonds is 3. The Bertz CT molecular complexity index is 803. The zero-order valence-electron chi connectivity index (χ0n) is 12.5. The lowest BCUT2D eigenvalue weighted by molar-refractivity contribution is 0.744. The van der Waals surface area contributed by atoms with Gasteiger partial charge in [-0.3, -0.25) is 0 Å². The van der Waals surface area contributed by atoms with Gasteiger partial charge in [0.05, 0.1) is 17.6 Å². The summed E-state index contributed by atoms with van der Waals surface area (Å²) in [5, 5.41) is 7.68. The van der Waals surface area contributed by atoms with Crippen LogP contribution in [0.15, 0.2) is 30.7 Å². The van der Waals surface area contributed by atoms with Gasteiger partial charge in [0, 0.05) is 24.0 Å². The monoisotopic (exact) mass is 294 g/mol. The van der Waals surface area contributed by atoms with E-state index in [1.807, 2.05) is 31.5 Å². The van der Waals surface area contributed by atoms with Crippen molar-refractivity contribution in [2.24, 2.45) is 0 Å². The third-order valence-corrected chi connectivity index (χ3v) is 4.15. The number of hydrogen-bond donors (Lipinski definition) is 1. The number of aryl methyl sites for hydroxylation is 1. The fraction of sp³-hybridized carbons (Fsp3) is 0.375. The van der Waals surface area contributed by atoms with Gasteiger partial charge < -0.3 is 5.32 Å². The van der Waals surface area contributed by atoms with Crippen LogP contribution in [0.1, 0.15) is 31.2 Å². The van der Waals surface area contributed by atoms with Crippen molar-refractivity contribution < 1.29 is 0 Å². The molecule has 112 valence electrons. The third kappa shape index (κ3) is 2.41. The molecule has 1 saturated carbocycles. The van der Waals surface area contributed by atoms with Crippen LogP contribution in [0.25, 0.3) is 17.0 Å². The van der Waals surface area contributed by atoms with Gasteiger partial charge in [0.2, 0.25) is 5.95 Å². The Kier molecular flexibility index (Phi) is 3.21. The lowest BCUT2D eigenvalue weighted by atomic mass is 10.2. The van der Waals surface area contributed by atoms with Gasteiger partial charge in [-0.1, -0.05) is 12.8 Å². The lowest BCUT2D eigenvalue weighted by Gasteiger charge is -2.12. The fourth-order valence-electron chi connectivity index (χ4n) is 2.95. The van der Waals surface area contributed by atoms with E-state index < -0.39 is 0 Å². The van der Waals surface area contributed by atoms with E-state index in [1.165, 1.54) is 25.7 Å². The average molecular weight is 294 g/mol. The van der Waals surface area contributed by atoms with Crippen molar-refractivity contribution in [1.29, 1.82) is 0 Å². The summed E-state index contributed by atoms with van der Waals surface area (Å²) in [5.41, 5.74) is 3.59. The Morgan fingerprint density at radius 1 is 1.14 bits per heavy atom. The summed E-state index contributed by atoms with van der Waals surface area (Å²) in [7, 11) is 0. The van der Waals surface area contributed by atoms with E-state index in [0.717, 1.165) is 22.6 Å². The molecule has 0 atom stereocenters. The zero-order valence-corrected chi connectivity index (χ0v) is 12.5. The number of anilines is 1. The molecular formula is C16H18N6. The molecule has 3 aromatic rings. The SMILES string of the molecule is Cc1cnn2ccc(-c3ccnc(NC4CCCC4)n3)nc12. The van der Waals surface area contributed by atoms with Crippen molar-refractivity contribution in [3.05, 3.63) is 36.3 Å². The van der Waals surface area contributed by atoms with E-state index in [0.29, 0.717) is 12.0 Å². The molecule has 3 heterocycles. The molecule has 0 spiro atoms. The normalized spacial score (nSPS) is 15.5. The second-order valence-corrected chi connectivity index (χ2v) is 5.80. The maximum atomic E-state index is 4.66. The molecule has 0 amide bonds. The van der Waals surface area contributed by atoms with E-state index in [4.69, 9.17) is 0 Å². The second-order valence-electron chi connectivity index (χ2n) is 5.80. The standard InChI is InChI=1S/C16H18N6/c1-11-10-18-22-9-7-14(20-15(11)22)13-6-8-17-16(21-13)19-12-4-2-3-5-12/h6-10,12H,2-5H2,1H3,(H,17,19,21). The molecule has 6 nitrogen and oxygen atoms in total. The Morgan fingerprint density at radius 2 is 1.95 bits per heavy atom. The summed E-state index contributed by atoms with van der Waals surface area (Å²) in [6, 6.07) is 4.33. The zero-order chi connectivity index (χ0) is 14.9. The summed E-state index contributed by atoms with van der Waals surface area (Å²) >= 11 is 0. The fourth-order valence-corrected chi connectivity index (χ4v) is 2.95. The van der Waals surface area contributed by atoms with Crippen LogP contribution in [0.2, 0.25) is 0 Å². The Hall–Kier alpha value is -2.50. The molecule has 4 rings (SSSR count). The van der Waals surface area contributed by atoms with Gasteiger partial charge in [0.1, 0.15) is 0 Å². The predicted octanol–water partition coefficient (Wildman–Crippen LogP) is 2.85. The third-order valence-electron chi connectivity index (χ3n) is 4.15. The number of hydrogen-bond acceptors (Lipinski definition) is 5. The van der Waals surface area contributed by atoms with Crippen LogP contribution in [0, 0.1) is 6.92 Å². The predicted molar refractivity (Wildman–Crippen MR) is 84.6 cm³/mol. The first-order valence-electron chi connectivity index (χ1n) is 7.70. The minimum atomic E-state index is 0.503. The molecule has 1 aliphatic rings. The summed E-state index contributed by atoms with van der Waals surface area (Å²) in [4.78, 5) is 13.6. The molecule has 22 heavy (non-hydrogen) atoms. The van der Waals surface area contributed by atoms with E-state index in [-0.39, 0.29) is 0 Å². The van der Waals surface area contributed by atoms with Crippen LogP contribution >= 0.6 is 0 Å². The highest BCUT2D eigenvalue weighted by Gasteiger charge is 2.16. The van der Waals surface area contributed by atoms with E-state index in [9.17, 15) is 0 Å². The number of nitrogens with zero attached hydrogens (tertiary/aromatic N) is 5. The minimum Gasteiger partial charge on any atom is -0.351 e. The Balaban J connectivity index is 1.66. The first-order chi connectivity index (χ1) is 10.8. The van der Waals surface area contributed by atoms with Gasteiger partial charge in [-0.25, -0.2) is 19.5 Å². The lowest BCUT2D eigenvalue weighted by Crippen LogP contribution is -2.16. The van der Waals surface area contributed by atoms with Gasteiger partial charge >= 0.3 is 0 Å². The van der Waals surface area contributed by atoms with Crippen molar-refractivity contribution >= 4 is 11.6 Å². The quantitative estimate of drug-likeness (QED) is 0.804. The van der Waals surface area contributed by atoms with Gasteiger partial charge in [-0.15, -0.1) is 0 Å². The summed E-state index contributed by atoms with van der Waals surface area (Å²) in [6.45, 7) is 2.01. The van der Waals surface area contributed by atoms with E-state index in [1.54, 1.807) is 10.7 Å². The van der Waals surface area contributed by atoms with Crippen molar-refractivity contribution in [2.45, 2.75) is 38.6 Å². The highest BCUT2D eigenvalue weighted by atomic mass is 15.2. The van der Waals surface area contributed by atoms with Crippen LogP contribution in [-0.2, 0) is 0 Å². The molecule has 0 saturated heterocycles. The van der Waals surface area contributed by atoms with Crippen molar-refractivity contribution in [3.8, 4) is 11.4 Å². The molecule has 1 N–H and O–H groups in total. The summed E-state index contributed by atoms with van der Waals surface area (Å²) < 4.78 is 1.78. The average Bonchev–Trinajstić information content (AvgIpc) is 3.18. The van der Waals surface area contributed by atoms with Gasteiger partial charge in [0.25, 0.3) is 0 Å². The first-order valence-corrected chi connectivity index (χ1v) is 7.70. The molecule has 0 radical (unpaired) electrons. The van der Waals surface area contributed by atoms with E-state index >= 15 is 0 Å². The molecule has 3 aromatic heterocycles. The second kappa shape index (κ2) is 5.36. The maximum absolute atomic E-state index is 4.66. The summed E-state index contributed by atoms with van der Waals surface area (Å²) in [5.74, 6) is 0.691. The molecule has 0 unspecified atom stereocenters. The molecule has 1 aliphatic carbocycles. The smallest absolute Gasteiger partial charge is 0.223 e. The highest BCUT2D eigenvalue weighted by Crippen LogP contribution is 2.22. The Morgan fingerprint density at radius 3 is 2.82 bits per heavy atom. The topological polar surface area (TPSA) is 68.0 Å². The molecule has 0 aliphatic heterocycles. The van der Waals surface area contributed by atoms with E-state index in [2.05, 4.69) is 25.4 Å². The number of aromatic nitrogens is 5.